The van der Waals surface area contributed by atoms with Crippen LogP contribution in [0.25, 0.3) is 0 Å². The van der Waals surface area contributed by atoms with Gasteiger partial charge in [0.2, 0.25) is 6.23 Å². The highest BCUT2D eigenvalue weighted by Crippen LogP contribution is 2.51. The Bertz CT molecular complexity index is 1130. The quantitative estimate of drug-likeness (QED) is 0.688. The molecular weight excluding hydrogens is 380 g/mol. The molecule has 2 aliphatic heterocycles. The SMILES string of the molecule is COc1cccc([C@H]2Oc3c(OC)cccc3[C@H]3CC(c4ccccc4O)=NN32)c1. The molecule has 0 spiro atoms. The first-order valence-corrected chi connectivity index (χ1v) is 9.81. The molecule has 2 heterocycles. The Labute approximate surface area is 174 Å². The molecule has 152 valence electrons. The first-order valence-electron chi connectivity index (χ1n) is 9.81. The van der Waals surface area contributed by atoms with E-state index in [1.54, 1.807) is 20.3 Å². The number of rotatable bonds is 4. The fourth-order valence-electron chi connectivity index (χ4n) is 4.14. The zero-order chi connectivity index (χ0) is 20.7. The van der Waals surface area contributed by atoms with E-state index in [2.05, 4.69) is 0 Å². The van der Waals surface area contributed by atoms with E-state index in [-0.39, 0.29) is 11.8 Å². The van der Waals surface area contributed by atoms with Crippen molar-refractivity contribution >= 4 is 5.71 Å². The first-order chi connectivity index (χ1) is 14.7. The molecule has 0 amide bonds. The van der Waals surface area contributed by atoms with Crippen LogP contribution < -0.4 is 14.2 Å². The van der Waals surface area contributed by atoms with Crippen LogP contribution in [0.5, 0.6) is 23.0 Å². The van der Waals surface area contributed by atoms with E-state index in [1.807, 2.05) is 65.7 Å². The summed E-state index contributed by atoms with van der Waals surface area (Å²) in [7, 11) is 3.29. The highest BCUT2D eigenvalue weighted by atomic mass is 16.5. The summed E-state index contributed by atoms with van der Waals surface area (Å²) in [6.45, 7) is 0. The second-order valence-electron chi connectivity index (χ2n) is 7.29. The molecule has 0 fully saturated rings. The zero-order valence-corrected chi connectivity index (χ0v) is 16.8. The Morgan fingerprint density at radius 2 is 1.83 bits per heavy atom. The third-order valence-electron chi connectivity index (χ3n) is 5.59. The number of para-hydroxylation sites is 2. The highest BCUT2D eigenvalue weighted by molar-refractivity contribution is 6.04. The molecule has 0 unspecified atom stereocenters. The molecule has 6 heteroatoms. The third kappa shape index (κ3) is 2.92. The molecule has 0 aliphatic carbocycles. The topological polar surface area (TPSA) is 63.5 Å². The normalized spacial score (nSPS) is 19.4. The molecule has 3 aromatic rings. The van der Waals surface area contributed by atoms with Gasteiger partial charge in [0.1, 0.15) is 11.5 Å². The Hall–Kier alpha value is -3.67. The van der Waals surface area contributed by atoms with Gasteiger partial charge in [-0.1, -0.05) is 36.4 Å². The van der Waals surface area contributed by atoms with Gasteiger partial charge in [0, 0.05) is 23.1 Å². The standard InChI is InChI=1S/C24H22N2O4/c1-28-16-8-5-7-15(13-16)24-26-20(18-10-6-12-22(29-2)23(18)30-24)14-19(25-26)17-9-3-4-11-21(17)27/h3-13,20,24,27H,14H2,1-2H3/t20-,24-/m1/s1. The van der Waals surface area contributed by atoms with Crippen LogP contribution in [0.2, 0.25) is 0 Å². The predicted molar refractivity (Wildman–Crippen MR) is 113 cm³/mol. The lowest BCUT2D eigenvalue weighted by Crippen LogP contribution is -2.33. The molecule has 3 aromatic carbocycles. The molecule has 2 atom stereocenters. The lowest BCUT2D eigenvalue weighted by atomic mass is 9.95. The molecule has 0 aromatic heterocycles. The van der Waals surface area contributed by atoms with E-state index in [0.29, 0.717) is 12.2 Å². The van der Waals surface area contributed by atoms with Gasteiger partial charge in [0.05, 0.1) is 26.0 Å². The number of nitrogens with zero attached hydrogens (tertiary/aromatic N) is 2. The van der Waals surface area contributed by atoms with Crippen molar-refractivity contribution in [3.63, 3.8) is 0 Å². The second kappa shape index (κ2) is 7.30. The van der Waals surface area contributed by atoms with E-state index in [4.69, 9.17) is 19.3 Å². The molecule has 30 heavy (non-hydrogen) atoms. The zero-order valence-electron chi connectivity index (χ0n) is 16.8. The van der Waals surface area contributed by atoms with Crippen LogP contribution in [-0.4, -0.2) is 30.0 Å². The van der Waals surface area contributed by atoms with Crippen molar-refractivity contribution in [1.82, 2.24) is 5.01 Å². The molecule has 0 saturated carbocycles. The molecule has 5 rings (SSSR count). The van der Waals surface area contributed by atoms with Crippen molar-refractivity contribution in [2.24, 2.45) is 5.10 Å². The van der Waals surface area contributed by atoms with Crippen molar-refractivity contribution in [1.29, 1.82) is 0 Å². The Morgan fingerprint density at radius 1 is 1.00 bits per heavy atom. The number of aromatic hydroxyl groups is 1. The molecule has 0 radical (unpaired) electrons. The van der Waals surface area contributed by atoms with Crippen molar-refractivity contribution < 1.29 is 19.3 Å². The van der Waals surface area contributed by atoms with Gasteiger partial charge >= 0.3 is 0 Å². The van der Waals surface area contributed by atoms with Crippen molar-refractivity contribution in [3.05, 3.63) is 83.4 Å². The van der Waals surface area contributed by atoms with Crippen molar-refractivity contribution in [3.8, 4) is 23.0 Å². The minimum atomic E-state index is -0.447. The Morgan fingerprint density at radius 3 is 2.63 bits per heavy atom. The minimum Gasteiger partial charge on any atom is -0.507 e. The molecule has 0 bridgehead atoms. The summed E-state index contributed by atoms with van der Waals surface area (Å²) in [6, 6.07) is 20.9. The number of ether oxygens (including phenoxy) is 3. The fraction of sp³-hybridized carbons (Fsp3) is 0.208. The van der Waals surface area contributed by atoms with Gasteiger partial charge in [-0.05, 0) is 30.3 Å². The number of phenolic OH excluding ortho intramolecular Hbond substituents is 1. The maximum Gasteiger partial charge on any atom is 0.214 e. The van der Waals surface area contributed by atoms with E-state index < -0.39 is 6.23 Å². The fourth-order valence-corrected chi connectivity index (χ4v) is 4.14. The number of phenols is 1. The minimum absolute atomic E-state index is 0.0327. The van der Waals surface area contributed by atoms with Crippen molar-refractivity contribution in [2.75, 3.05) is 14.2 Å². The van der Waals surface area contributed by atoms with Gasteiger partial charge in [-0.15, -0.1) is 0 Å². The largest absolute Gasteiger partial charge is 0.507 e. The Balaban J connectivity index is 1.64. The average Bonchev–Trinajstić information content (AvgIpc) is 3.24. The maximum absolute atomic E-state index is 10.4. The van der Waals surface area contributed by atoms with Crippen LogP contribution in [0.1, 0.15) is 35.4 Å². The maximum atomic E-state index is 10.4. The van der Waals surface area contributed by atoms with Gasteiger partial charge in [-0.2, -0.15) is 5.10 Å². The lowest BCUT2D eigenvalue weighted by Gasteiger charge is -2.38. The van der Waals surface area contributed by atoms with Crippen molar-refractivity contribution in [2.45, 2.75) is 18.7 Å². The summed E-state index contributed by atoms with van der Waals surface area (Å²) < 4.78 is 17.4. The van der Waals surface area contributed by atoms with Crippen LogP contribution in [0.3, 0.4) is 0 Å². The highest BCUT2D eigenvalue weighted by Gasteiger charge is 2.42. The van der Waals surface area contributed by atoms with E-state index in [9.17, 15) is 5.11 Å². The van der Waals surface area contributed by atoms with Crippen LogP contribution in [0.15, 0.2) is 71.8 Å². The van der Waals surface area contributed by atoms with E-state index in [0.717, 1.165) is 33.9 Å². The predicted octanol–water partition coefficient (Wildman–Crippen LogP) is 4.65. The lowest BCUT2D eigenvalue weighted by molar-refractivity contribution is -0.0210. The number of benzene rings is 3. The molecule has 1 N–H and O–H groups in total. The van der Waals surface area contributed by atoms with E-state index in [1.165, 1.54) is 0 Å². The molecular formula is C24H22N2O4. The monoisotopic (exact) mass is 402 g/mol. The first kappa shape index (κ1) is 18.4. The van der Waals surface area contributed by atoms with Crippen LogP contribution in [0, 0.1) is 0 Å². The van der Waals surface area contributed by atoms with Gasteiger partial charge in [0.15, 0.2) is 11.5 Å². The van der Waals surface area contributed by atoms with E-state index >= 15 is 0 Å². The van der Waals surface area contributed by atoms with Crippen LogP contribution >= 0.6 is 0 Å². The number of hydrazone groups is 1. The summed E-state index contributed by atoms with van der Waals surface area (Å²) in [5.41, 5.74) is 3.51. The molecule has 0 saturated heterocycles. The van der Waals surface area contributed by atoms with Crippen LogP contribution in [-0.2, 0) is 0 Å². The van der Waals surface area contributed by atoms with Gasteiger partial charge in [0.25, 0.3) is 0 Å². The van der Waals surface area contributed by atoms with Gasteiger partial charge in [-0.25, -0.2) is 5.01 Å². The summed E-state index contributed by atoms with van der Waals surface area (Å²) in [5, 5.41) is 17.2. The molecule has 2 aliphatic rings. The van der Waals surface area contributed by atoms with Gasteiger partial charge in [-0.3, -0.25) is 0 Å². The number of hydrogen-bond acceptors (Lipinski definition) is 6. The van der Waals surface area contributed by atoms with Gasteiger partial charge < -0.3 is 19.3 Å². The smallest absolute Gasteiger partial charge is 0.214 e. The third-order valence-corrected chi connectivity index (χ3v) is 5.59. The Kier molecular flexibility index (Phi) is 4.47. The second-order valence-corrected chi connectivity index (χ2v) is 7.29. The summed E-state index contributed by atoms with van der Waals surface area (Å²) in [5.74, 6) is 2.39. The summed E-state index contributed by atoms with van der Waals surface area (Å²) in [6.07, 6.45) is 0.207. The number of fused-ring (bicyclic) bond motifs is 3. The number of hydrogen-bond donors (Lipinski definition) is 1. The average molecular weight is 402 g/mol. The summed E-state index contributed by atoms with van der Waals surface area (Å²) >= 11 is 0. The van der Waals surface area contributed by atoms with Crippen LogP contribution in [0.4, 0.5) is 0 Å². The molecule has 6 nitrogen and oxygen atoms in total. The summed E-state index contributed by atoms with van der Waals surface area (Å²) in [4.78, 5) is 0. The number of methoxy groups -OCH3 is 2.